The standard InChI is InChI=1S/C18H20N2O2/c1-19-18(21)22-16-12-20(13-16)17(14-8-4-2-5-9-14)15-10-6-3-7-11-15/h2-11,16-17H,12-13H2,1H3,(H,19,21). The lowest BCUT2D eigenvalue weighted by atomic mass is 9.94. The molecule has 1 heterocycles. The van der Waals surface area contributed by atoms with Gasteiger partial charge in [0.05, 0.1) is 6.04 Å². The average Bonchev–Trinajstić information content (AvgIpc) is 2.54. The molecule has 2 aromatic rings. The molecule has 0 atom stereocenters. The van der Waals surface area contributed by atoms with Crippen molar-refractivity contribution in [1.82, 2.24) is 10.2 Å². The molecule has 1 amide bonds. The maximum absolute atomic E-state index is 11.3. The number of nitrogens with one attached hydrogen (secondary N) is 1. The summed E-state index contributed by atoms with van der Waals surface area (Å²) in [6.45, 7) is 1.50. The summed E-state index contributed by atoms with van der Waals surface area (Å²) < 4.78 is 5.30. The van der Waals surface area contributed by atoms with Gasteiger partial charge in [0.25, 0.3) is 0 Å². The molecule has 0 saturated carbocycles. The van der Waals surface area contributed by atoms with E-state index in [0.29, 0.717) is 0 Å². The molecule has 1 fully saturated rings. The van der Waals surface area contributed by atoms with Crippen LogP contribution in [-0.2, 0) is 4.74 Å². The normalized spacial score (nSPS) is 15.4. The van der Waals surface area contributed by atoms with Crippen LogP contribution in [0.2, 0.25) is 0 Å². The molecule has 1 aliphatic rings. The Morgan fingerprint density at radius 3 is 2.00 bits per heavy atom. The molecule has 0 aromatic heterocycles. The molecule has 2 aromatic carbocycles. The van der Waals surface area contributed by atoms with Crippen molar-refractivity contribution in [2.75, 3.05) is 20.1 Å². The molecule has 4 heteroatoms. The lowest BCUT2D eigenvalue weighted by molar-refractivity contribution is -0.0273. The van der Waals surface area contributed by atoms with Crippen molar-refractivity contribution in [2.45, 2.75) is 12.1 Å². The number of nitrogens with zero attached hydrogens (tertiary/aromatic N) is 1. The Morgan fingerprint density at radius 2 is 1.55 bits per heavy atom. The first-order chi connectivity index (χ1) is 10.8. The second kappa shape index (κ2) is 6.62. The number of carbonyl (C=O) groups excluding carboxylic acids is 1. The molecular formula is C18H20N2O2. The molecular weight excluding hydrogens is 276 g/mol. The number of carbonyl (C=O) groups is 1. The number of ether oxygens (including phenoxy) is 1. The highest BCUT2D eigenvalue weighted by molar-refractivity contribution is 5.67. The summed E-state index contributed by atoms with van der Waals surface area (Å²) in [4.78, 5) is 13.6. The summed E-state index contributed by atoms with van der Waals surface area (Å²) in [5, 5.41) is 2.49. The number of rotatable bonds is 4. The molecule has 1 N–H and O–H groups in total. The Labute approximate surface area is 130 Å². The smallest absolute Gasteiger partial charge is 0.407 e. The first kappa shape index (κ1) is 14.6. The van der Waals surface area contributed by atoms with Gasteiger partial charge in [0.15, 0.2) is 0 Å². The Kier molecular flexibility index (Phi) is 4.39. The van der Waals surface area contributed by atoms with Gasteiger partial charge in [0.2, 0.25) is 0 Å². The fraction of sp³-hybridized carbons (Fsp3) is 0.278. The molecule has 0 spiro atoms. The number of amides is 1. The average molecular weight is 296 g/mol. The van der Waals surface area contributed by atoms with Crippen molar-refractivity contribution in [2.24, 2.45) is 0 Å². The molecule has 22 heavy (non-hydrogen) atoms. The topological polar surface area (TPSA) is 41.6 Å². The number of hydrogen-bond acceptors (Lipinski definition) is 3. The fourth-order valence-electron chi connectivity index (χ4n) is 2.85. The van der Waals surface area contributed by atoms with Crippen molar-refractivity contribution in [3.05, 3.63) is 71.8 Å². The van der Waals surface area contributed by atoms with E-state index < -0.39 is 0 Å². The largest absolute Gasteiger partial charge is 0.444 e. The van der Waals surface area contributed by atoms with Gasteiger partial charge in [-0.05, 0) is 11.1 Å². The maximum Gasteiger partial charge on any atom is 0.407 e. The van der Waals surface area contributed by atoms with Gasteiger partial charge in [-0.25, -0.2) is 4.79 Å². The van der Waals surface area contributed by atoms with E-state index in [4.69, 9.17) is 4.74 Å². The number of hydrogen-bond donors (Lipinski definition) is 1. The summed E-state index contributed by atoms with van der Waals surface area (Å²) in [7, 11) is 1.58. The highest BCUT2D eigenvalue weighted by atomic mass is 16.6. The zero-order chi connectivity index (χ0) is 15.4. The van der Waals surface area contributed by atoms with Crippen molar-refractivity contribution in [3.8, 4) is 0 Å². The number of benzene rings is 2. The van der Waals surface area contributed by atoms with Crippen LogP contribution < -0.4 is 5.32 Å². The van der Waals surface area contributed by atoms with Gasteiger partial charge in [-0.3, -0.25) is 4.90 Å². The van der Waals surface area contributed by atoms with Gasteiger partial charge in [0, 0.05) is 20.1 Å². The number of alkyl carbamates (subject to hydrolysis) is 1. The van der Waals surface area contributed by atoms with Crippen LogP contribution in [0, 0.1) is 0 Å². The van der Waals surface area contributed by atoms with E-state index in [1.807, 2.05) is 12.1 Å². The van der Waals surface area contributed by atoms with Gasteiger partial charge in [-0.1, -0.05) is 60.7 Å². The molecule has 1 aliphatic heterocycles. The predicted molar refractivity (Wildman–Crippen MR) is 85.6 cm³/mol. The van der Waals surface area contributed by atoms with E-state index in [1.165, 1.54) is 11.1 Å². The predicted octanol–water partition coefficient (Wildman–Crippen LogP) is 2.82. The van der Waals surface area contributed by atoms with E-state index in [1.54, 1.807) is 7.05 Å². The zero-order valence-electron chi connectivity index (χ0n) is 12.6. The molecule has 114 valence electrons. The van der Waals surface area contributed by atoms with Gasteiger partial charge in [-0.15, -0.1) is 0 Å². The Balaban J connectivity index is 1.76. The van der Waals surface area contributed by atoms with E-state index in [9.17, 15) is 4.79 Å². The van der Waals surface area contributed by atoms with Crippen LogP contribution in [0.5, 0.6) is 0 Å². The second-order valence-electron chi connectivity index (χ2n) is 5.46. The van der Waals surface area contributed by atoms with Crippen molar-refractivity contribution in [3.63, 3.8) is 0 Å². The lowest BCUT2D eigenvalue weighted by Gasteiger charge is -2.43. The third-order valence-electron chi connectivity index (χ3n) is 3.95. The SMILES string of the molecule is CNC(=O)OC1CN(C(c2ccccc2)c2ccccc2)C1. The second-order valence-corrected chi connectivity index (χ2v) is 5.46. The maximum atomic E-state index is 11.3. The number of likely N-dealkylation sites (tertiary alicyclic amines) is 1. The summed E-state index contributed by atoms with van der Waals surface area (Å²) in [6.07, 6.45) is -0.393. The monoisotopic (exact) mass is 296 g/mol. The van der Waals surface area contributed by atoms with Crippen LogP contribution in [0.1, 0.15) is 17.2 Å². The van der Waals surface area contributed by atoms with E-state index in [0.717, 1.165) is 13.1 Å². The lowest BCUT2D eigenvalue weighted by Crippen LogP contribution is -2.54. The highest BCUT2D eigenvalue weighted by Crippen LogP contribution is 2.32. The van der Waals surface area contributed by atoms with E-state index in [-0.39, 0.29) is 18.2 Å². The third-order valence-corrected chi connectivity index (χ3v) is 3.95. The van der Waals surface area contributed by atoms with Gasteiger partial charge >= 0.3 is 6.09 Å². The molecule has 0 unspecified atom stereocenters. The van der Waals surface area contributed by atoms with Gasteiger partial charge < -0.3 is 10.1 Å². The first-order valence-electron chi connectivity index (χ1n) is 7.50. The minimum absolute atomic E-state index is 0.0325. The molecule has 0 aliphatic carbocycles. The quantitative estimate of drug-likeness (QED) is 0.943. The molecule has 3 rings (SSSR count). The van der Waals surface area contributed by atoms with Crippen molar-refractivity contribution >= 4 is 6.09 Å². The van der Waals surface area contributed by atoms with E-state index >= 15 is 0 Å². The summed E-state index contributed by atoms with van der Waals surface area (Å²) in [5.74, 6) is 0. The molecule has 4 nitrogen and oxygen atoms in total. The van der Waals surface area contributed by atoms with Crippen LogP contribution in [-0.4, -0.2) is 37.2 Å². The summed E-state index contributed by atoms with van der Waals surface area (Å²) in [6, 6.07) is 21.1. The van der Waals surface area contributed by atoms with E-state index in [2.05, 4.69) is 58.7 Å². The van der Waals surface area contributed by atoms with Crippen molar-refractivity contribution < 1.29 is 9.53 Å². The van der Waals surface area contributed by atoms with Crippen LogP contribution in [0.3, 0.4) is 0 Å². The van der Waals surface area contributed by atoms with Crippen molar-refractivity contribution in [1.29, 1.82) is 0 Å². The minimum atomic E-state index is -0.361. The summed E-state index contributed by atoms with van der Waals surface area (Å²) in [5.41, 5.74) is 2.51. The Morgan fingerprint density at radius 1 is 1.05 bits per heavy atom. The van der Waals surface area contributed by atoms with Crippen LogP contribution >= 0.6 is 0 Å². The van der Waals surface area contributed by atoms with Crippen LogP contribution in [0.15, 0.2) is 60.7 Å². The zero-order valence-corrected chi connectivity index (χ0v) is 12.6. The Hall–Kier alpha value is -2.33. The molecule has 0 bridgehead atoms. The highest BCUT2D eigenvalue weighted by Gasteiger charge is 2.36. The van der Waals surface area contributed by atoms with Crippen LogP contribution in [0.4, 0.5) is 4.79 Å². The molecule has 0 radical (unpaired) electrons. The fourth-order valence-corrected chi connectivity index (χ4v) is 2.85. The molecule has 1 saturated heterocycles. The van der Waals surface area contributed by atoms with Gasteiger partial charge in [-0.2, -0.15) is 0 Å². The minimum Gasteiger partial charge on any atom is -0.444 e. The first-order valence-corrected chi connectivity index (χ1v) is 7.50. The third kappa shape index (κ3) is 3.12. The summed E-state index contributed by atoms with van der Waals surface area (Å²) >= 11 is 0. The Bertz CT molecular complexity index is 570. The van der Waals surface area contributed by atoms with Crippen LogP contribution in [0.25, 0.3) is 0 Å². The van der Waals surface area contributed by atoms with Gasteiger partial charge in [0.1, 0.15) is 6.10 Å².